The molecule has 34 heteroatoms. The van der Waals surface area contributed by atoms with E-state index in [9.17, 15) is 74.7 Å². The summed E-state index contributed by atoms with van der Waals surface area (Å²) in [5.74, 6) is -21.4. The Kier molecular flexibility index (Phi) is 38.9. The number of primary amides is 1. The third-order valence-corrected chi connectivity index (χ3v) is 20.5. The molecule has 2 heterocycles. The highest BCUT2D eigenvalue weighted by Gasteiger charge is 2.45. The zero-order valence-electron chi connectivity index (χ0n) is 67.6. The number of hydrogen-bond acceptors (Lipinski definition) is 18. The van der Waals surface area contributed by atoms with Crippen LogP contribution in [0.4, 0.5) is 32.4 Å². The Bertz CT molecular complexity index is 3620. The molecule has 0 saturated carbocycles. The zero-order chi connectivity index (χ0) is 84.1. The minimum Gasteiger partial charge on any atom is -0.420 e. The summed E-state index contributed by atoms with van der Waals surface area (Å²) in [5, 5.41) is 19.5. The first-order chi connectivity index (χ1) is 53.5. The molecule has 113 heavy (non-hydrogen) atoms. The number of hydrogen-bond donors (Lipinski definition) is 8. The standard InChI is InChI=1S/C79H117F5N12O17/c1-16-47(8)69(94(13)77(105)67(45(4)5)92-76(104)68(46(6)7)93(11)12)57(108-14)40-59(98)96-32-21-25-56(96)70(109-15)49(10)72(100)90-55(39-50-22-18-17-19-23-50)73(101)87-41-51-26-28-53(29-27-51)88-74(102)54(24-20-31-86-79(85)107)89-75(103)66(44(2)3)91-58(97)42-111-36-34-110-35-37-112-43-60(99)95-33-30-52(38-48(95)9)78(106)113-71-64(83)62(81)61(80)63(82)65(71)84/h17-19,22-23,26-29,44-49,52,54-57,66-70H,16,20-21,24-25,30-43H2,1-15H3,(H,87,101)(H,88,102)(H,89,103)(H,90,100)(H,91,97)(H,92,104)(H3,85,86,107)/t47-,48?,49+,52?,54?,55-,56-,57+,66-,67-,68-,69-,70+/m0/s1. The third kappa shape index (κ3) is 27.9. The lowest BCUT2D eigenvalue weighted by molar-refractivity contribution is -0.148. The van der Waals surface area contributed by atoms with Gasteiger partial charge in [0.25, 0.3) is 0 Å². The Labute approximate surface area is 658 Å². The number of nitrogens with one attached hydrogen (secondary N) is 7. The number of likely N-dealkylation sites (N-methyl/N-ethyl adjacent to an activating group) is 2. The predicted octanol–water partition coefficient (Wildman–Crippen LogP) is 5.67. The normalized spacial score (nSPS) is 17.7. The van der Waals surface area contributed by atoms with Crippen LogP contribution in [0.3, 0.4) is 0 Å². The van der Waals surface area contributed by atoms with Crippen molar-refractivity contribution >= 4 is 70.9 Å². The summed E-state index contributed by atoms with van der Waals surface area (Å²) in [4.78, 5) is 156. The van der Waals surface area contributed by atoms with Gasteiger partial charge in [0.1, 0.15) is 37.4 Å². The molecule has 3 unspecified atom stereocenters. The Balaban J connectivity index is 1.12. The second-order valence-corrected chi connectivity index (χ2v) is 30.1. The number of piperidine rings is 1. The molecule has 0 radical (unpaired) electrons. The maximum atomic E-state index is 14.7. The van der Waals surface area contributed by atoms with Crippen LogP contribution in [-0.2, 0) is 84.6 Å². The summed E-state index contributed by atoms with van der Waals surface area (Å²) in [6.07, 6.45) is 0.473. The molecule has 0 aliphatic carbocycles. The van der Waals surface area contributed by atoms with Gasteiger partial charge in [0.05, 0.1) is 75.0 Å². The molecule has 11 amide bonds. The highest BCUT2D eigenvalue weighted by atomic mass is 19.2. The van der Waals surface area contributed by atoms with E-state index in [1.165, 1.54) is 19.1 Å². The highest BCUT2D eigenvalue weighted by Crippen LogP contribution is 2.34. The molecule has 3 aromatic carbocycles. The molecule has 2 aliphatic rings. The van der Waals surface area contributed by atoms with E-state index in [1.54, 1.807) is 68.8 Å². The first-order valence-electron chi connectivity index (χ1n) is 38.5. The quantitative estimate of drug-likeness (QED) is 0.00844. The van der Waals surface area contributed by atoms with E-state index >= 15 is 0 Å². The van der Waals surface area contributed by atoms with Crippen molar-refractivity contribution in [1.82, 2.24) is 51.5 Å². The lowest BCUT2D eigenvalue weighted by Gasteiger charge is -2.41. The second-order valence-electron chi connectivity index (χ2n) is 30.1. The number of carbonyl (C=O) groups is 11. The van der Waals surface area contributed by atoms with Gasteiger partial charge in [-0.25, -0.2) is 18.0 Å². The number of nitrogens with zero attached hydrogens (tertiary/aromatic N) is 4. The summed E-state index contributed by atoms with van der Waals surface area (Å²) < 4.78 is 102. The highest BCUT2D eigenvalue weighted by molar-refractivity contribution is 5.99. The lowest BCUT2D eigenvalue weighted by Crippen LogP contribution is -2.59. The van der Waals surface area contributed by atoms with Crippen molar-refractivity contribution in [2.75, 3.05) is 100.0 Å². The molecule has 2 saturated heterocycles. The molecule has 0 aromatic heterocycles. The molecule has 0 spiro atoms. The number of amides is 11. The van der Waals surface area contributed by atoms with E-state index in [0.717, 1.165) is 5.56 Å². The number of urea groups is 1. The number of esters is 1. The number of carbonyl (C=O) groups excluding carboxylic acids is 11. The Hall–Kier alpha value is -8.96. The van der Waals surface area contributed by atoms with Crippen LogP contribution in [0.5, 0.6) is 5.75 Å². The number of rotatable bonds is 45. The SMILES string of the molecule is CC[C@H](C)[C@@H]([C@@H](CC(=O)N1CCC[C@H]1[C@H](OC)[C@@H](C)C(=O)N[C@@H](Cc1ccccc1)C(=O)NCc1ccc(NC(=O)C(CCCNC(N)=O)NC(=O)[C@@H](NC(=O)COCCOCCOCC(=O)N2CCC(C(=O)Oc3c(F)c(F)c(F)c(F)c3F)CC2C)C(C)C)cc1)OC)N(C)C(=O)[C@@H](NC(=O)[C@H](C(C)C)N(C)C)C(C)C. The van der Waals surface area contributed by atoms with Gasteiger partial charge < -0.3 is 86.1 Å². The predicted molar refractivity (Wildman–Crippen MR) is 408 cm³/mol. The molecule has 2 fully saturated rings. The van der Waals surface area contributed by atoms with Gasteiger partial charge in [-0.1, -0.05) is 111 Å². The monoisotopic (exact) mass is 1600 g/mol. The molecule has 0 bridgehead atoms. The molecule has 2 aliphatic heterocycles. The molecule has 3 aromatic rings. The number of methoxy groups -OCH3 is 2. The van der Waals surface area contributed by atoms with E-state index < -0.39 is 167 Å². The minimum absolute atomic E-state index is 0.000341. The first kappa shape index (κ1) is 94.6. The van der Waals surface area contributed by atoms with Gasteiger partial charge in [-0.2, -0.15) is 8.78 Å². The van der Waals surface area contributed by atoms with Crippen molar-refractivity contribution in [3.8, 4) is 5.75 Å². The topological polar surface area (TPSA) is 366 Å². The first-order valence-corrected chi connectivity index (χ1v) is 38.5. The number of benzene rings is 3. The summed E-state index contributed by atoms with van der Waals surface area (Å²) in [7, 11) is 8.33. The van der Waals surface area contributed by atoms with Gasteiger partial charge in [0.2, 0.25) is 88.0 Å². The summed E-state index contributed by atoms with van der Waals surface area (Å²) in [6.45, 7) is 17.8. The fourth-order valence-corrected chi connectivity index (χ4v) is 14.2. The smallest absolute Gasteiger partial charge is 0.314 e. The van der Waals surface area contributed by atoms with Gasteiger partial charge in [-0.05, 0) is 106 Å². The largest absolute Gasteiger partial charge is 0.420 e. The van der Waals surface area contributed by atoms with Crippen LogP contribution in [0.1, 0.15) is 132 Å². The van der Waals surface area contributed by atoms with E-state index in [0.29, 0.717) is 37.1 Å². The van der Waals surface area contributed by atoms with E-state index in [4.69, 9.17) is 29.4 Å². The number of likely N-dealkylation sites (tertiary alicyclic amines) is 2. The van der Waals surface area contributed by atoms with Gasteiger partial charge in [0.15, 0.2) is 0 Å². The van der Waals surface area contributed by atoms with E-state index in [1.807, 2.05) is 90.9 Å². The van der Waals surface area contributed by atoms with Crippen molar-refractivity contribution < 1.29 is 103 Å². The van der Waals surface area contributed by atoms with Crippen molar-refractivity contribution in [2.24, 2.45) is 41.2 Å². The van der Waals surface area contributed by atoms with Gasteiger partial charge in [-0.3, -0.25) is 52.8 Å². The maximum Gasteiger partial charge on any atom is 0.314 e. The van der Waals surface area contributed by atoms with Crippen LogP contribution < -0.4 is 47.7 Å². The van der Waals surface area contributed by atoms with Crippen LogP contribution in [0.15, 0.2) is 54.6 Å². The molecule has 9 N–H and O–H groups in total. The molecule has 13 atom stereocenters. The Morgan fingerprint density at radius 2 is 1.21 bits per heavy atom. The van der Waals surface area contributed by atoms with Gasteiger partial charge >= 0.3 is 12.0 Å². The summed E-state index contributed by atoms with van der Waals surface area (Å²) in [5.41, 5.74) is 6.98. The van der Waals surface area contributed by atoms with Crippen LogP contribution in [0.2, 0.25) is 0 Å². The van der Waals surface area contributed by atoms with E-state index in [-0.39, 0.29) is 127 Å². The maximum absolute atomic E-state index is 14.7. The van der Waals surface area contributed by atoms with Crippen LogP contribution in [0.25, 0.3) is 0 Å². The number of anilines is 1. The minimum atomic E-state index is -2.40. The van der Waals surface area contributed by atoms with Crippen molar-refractivity contribution in [2.45, 2.75) is 194 Å². The van der Waals surface area contributed by atoms with Crippen LogP contribution in [-0.4, -0.2) is 240 Å². The van der Waals surface area contributed by atoms with Crippen molar-refractivity contribution in [3.63, 3.8) is 0 Å². The molecular formula is C79H117F5N12O17. The van der Waals surface area contributed by atoms with Gasteiger partial charge in [-0.15, -0.1) is 0 Å². The lowest BCUT2D eigenvalue weighted by atomic mass is 9.89. The number of ether oxygens (including phenoxy) is 6. The summed E-state index contributed by atoms with van der Waals surface area (Å²) in [6, 6.07) is 8.49. The third-order valence-electron chi connectivity index (χ3n) is 20.5. The van der Waals surface area contributed by atoms with Crippen molar-refractivity contribution in [3.05, 3.63) is 94.8 Å². The van der Waals surface area contributed by atoms with Crippen LogP contribution in [0, 0.1) is 64.6 Å². The molecule has 630 valence electrons. The van der Waals surface area contributed by atoms with Crippen LogP contribution >= 0.6 is 0 Å². The average molecular weight is 1600 g/mol. The second kappa shape index (κ2) is 46.4. The van der Waals surface area contributed by atoms with E-state index in [2.05, 4.69) is 42.0 Å². The number of nitrogens with two attached hydrogens (primary N) is 1. The van der Waals surface area contributed by atoms with Gasteiger partial charge in [0, 0.05) is 65.6 Å². The Morgan fingerprint density at radius 1 is 0.611 bits per heavy atom. The fraction of sp³-hybridized carbons (Fsp3) is 0.633. The molecular weight excluding hydrogens is 1480 g/mol. The number of halogens is 5. The molecule has 29 nitrogen and oxygen atoms in total. The zero-order valence-corrected chi connectivity index (χ0v) is 67.6. The Morgan fingerprint density at radius 3 is 1.78 bits per heavy atom. The van der Waals surface area contributed by atoms with Crippen molar-refractivity contribution in [1.29, 1.82) is 0 Å². The fourth-order valence-electron chi connectivity index (χ4n) is 14.2. The summed E-state index contributed by atoms with van der Waals surface area (Å²) >= 11 is 0. The average Bonchev–Trinajstić information content (AvgIpc) is 0.876. The molecule has 5 rings (SSSR count).